The van der Waals surface area contributed by atoms with Crippen LogP contribution in [0.1, 0.15) is 38.9 Å². The first-order valence-electron chi connectivity index (χ1n) is 14.6. The van der Waals surface area contributed by atoms with Gasteiger partial charge in [0, 0.05) is 0 Å². The first-order chi connectivity index (χ1) is 21.0. The third kappa shape index (κ3) is 6.03. The average Bonchev–Trinajstić information content (AvgIpc) is 3.03. The van der Waals surface area contributed by atoms with Gasteiger partial charge in [0.15, 0.2) is 15.9 Å². The summed E-state index contributed by atoms with van der Waals surface area (Å²) >= 11 is 0. The van der Waals surface area contributed by atoms with Gasteiger partial charge < -0.3 is 19.4 Å². The molecule has 1 heterocycles. The number of esters is 1. The highest BCUT2D eigenvalue weighted by atomic mass is 32.2. The number of benzene rings is 4. The molecular formula is C35H38O7SSi. The van der Waals surface area contributed by atoms with Gasteiger partial charge in [-0.25, -0.2) is 8.42 Å². The summed E-state index contributed by atoms with van der Waals surface area (Å²) in [5, 5.41) is 23.6. The van der Waals surface area contributed by atoms with Crippen LogP contribution >= 0.6 is 0 Å². The predicted molar refractivity (Wildman–Crippen MR) is 172 cm³/mol. The van der Waals surface area contributed by atoms with E-state index in [2.05, 4.69) is 20.8 Å². The van der Waals surface area contributed by atoms with Crippen molar-refractivity contribution in [2.75, 3.05) is 0 Å². The Labute approximate surface area is 260 Å². The average molecular weight is 631 g/mol. The Morgan fingerprint density at radius 2 is 1.25 bits per heavy atom. The van der Waals surface area contributed by atoms with Gasteiger partial charge in [-0.3, -0.25) is 4.79 Å². The molecule has 4 aromatic carbocycles. The maximum Gasteiger partial charge on any atom is 0.307 e. The van der Waals surface area contributed by atoms with Gasteiger partial charge in [0.2, 0.25) is 0 Å². The Balaban J connectivity index is 1.63. The number of carbonyl (C=O) groups excluding carboxylic acids is 1. The van der Waals surface area contributed by atoms with Gasteiger partial charge in [0.25, 0.3) is 8.32 Å². The molecule has 0 amide bonds. The number of hydrogen-bond donors (Lipinski definition) is 2. The number of aliphatic hydroxyl groups is 2. The van der Waals surface area contributed by atoms with Crippen molar-refractivity contribution in [2.45, 2.75) is 66.8 Å². The third-order valence-corrected chi connectivity index (χ3v) is 15.5. The van der Waals surface area contributed by atoms with E-state index in [1.165, 1.54) is 12.1 Å². The molecule has 7 nitrogen and oxygen atoms in total. The number of carbonyl (C=O) groups is 1. The molecule has 0 aromatic heterocycles. The fourth-order valence-electron chi connectivity index (χ4n) is 6.15. The molecule has 9 heteroatoms. The van der Waals surface area contributed by atoms with E-state index >= 15 is 0 Å². The molecule has 0 aliphatic carbocycles. The van der Waals surface area contributed by atoms with Crippen molar-refractivity contribution in [3.8, 4) is 0 Å². The minimum atomic E-state index is -4.14. The van der Waals surface area contributed by atoms with Crippen LogP contribution in [0.15, 0.2) is 126 Å². The van der Waals surface area contributed by atoms with Crippen LogP contribution in [0.2, 0.25) is 5.04 Å². The molecule has 1 aliphatic rings. The summed E-state index contributed by atoms with van der Waals surface area (Å²) < 4.78 is 40.1. The van der Waals surface area contributed by atoms with Gasteiger partial charge in [-0.05, 0) is 33.1 Å². The molecule has 5 rings (SSSR count). The fourth-order valence-corrected chi connectivity index (χ4v) is 12.6. The van der Waals surface area contributed by atoms with E-state index in [0.717, 1.165) is 10.4 Å². The molecule has 0 bridgehead atoms. The molecule has 0 spiro atoms. The minimum Gasteiger partial charge on any atom is -0.457 e. The standard InChI is InChI=1S/C35H38O7SSi/c1-35(2,3)44(27-20-12-6-13-21-27,28-22-14-7-15-23-28)42-33(25-16-8-4-9-17-25)32(38)34-31(37)29(24-30(36)41-34)43(39,40)26-18-10-5-11-19-26/h4-23,29,31-34,37-38H,24H2,1-3H3/t29?,31-,32+,33-,34+/m0/s1. The van der Waals surface area contributed by atoms with Crippen molar-refractivity contribution in [3.63, 3.8) is 0 Å². The molecule has 1 fully saturated rings. The quantitative estimate of drug-likeness (QED) is 0.211. The van der Waals surface area contributed by atoms with Crippen LogP contribution in [0.5, 0.6) is 0 Å². The van der Waals surface area contributed by atoms with Crippen LogP contribution < -0.4 is 10.4 Å². The summed E-state index contributed by atoms with van der Waals surface area (Å²) in [5.41, 5.74) is 0.601. The summed E-state index contributed by atoms with van der Waals surface area (Å²) in [7, 11) is -7.41. The van der Waals surface area contributed by atoms with Gasteiger partial charge >= 0.3 is 5.97 Å². The summed E-state index contributed by atoms with van der Waals surface area (Å²) in [6.45, 7) is 6.31. The van der Waals surface area contributed by atoms with E-state index in [1.807, 2.05) is 78.9 Å². The Morgan fingerprint density at radius 1 is 0.795 bits per heavy atom. The molecule has 0 radical (unpaired) electrons. The van der Waals surface area contributed by atoms with Crippen molar-refractivity contribution in [2.24, 2.45) is 0 Å². The Hall–Kier alpha value is -3.60. The van der Waals surface area contributed by atoms with E-state index in [4.69, 9.17) is 9.16 Å². The zero-order valence-corrected chi connectivity index (χ0v) is 26.8. The first-order valence-corrected chi connectivity index (χ1v) is 18.1. The lowest BCUT2D eigenvalue weighted by atomic mass is 9.93. The monoisotopic (exact) mass is 630 g/mol. The minimum absolute atomic E-state index is 0.0184. The van der Waals surface area contributed by atoms with Crippen LogP contribution in [0, 0.1) is 0 Å². The summed E-state index contributed by atoms with van der Waals surface area (Å²) in [4.78, 5) is 12.9. The lowest BCUT2D eigenvalue weighted by Crippen LogP contribution is -2.68. The smallest absolute Gasteiger partial charge is 0.307 e. The van der Waals surface area contributed by atoms with Crippen LogP contribution in [0.25, 0.3) is 0 Å². The SMILES string of the molecule is CC(C)(C)[Si](O[C@@H](c1ccccc1)[C@@H](O)[C@@H]1OC(=O)CC(S(=O)(=O)c2ccccc2)[C@@H]1O)(c1ccccc1)c1ccccc1. The second-order valence-electron chi connectivity index (χ2n) is 12.1. The zero-order chi connectivity index (χ0) is 31.5. The topological polar surface area (TPSA) is 110 Å². The molecule has 5 atom stereocenters. The fraction of sp³-hybridized carbons (Fsp3) is 0.286. The van der Waals surface area contributed by atoms with E-state index < -0.39 is 65.2 Å². The number of cyclic esters (lactones) is 1. The molecular weight excluding hydrogens is 593 g/mol. The van der Waals surface area contributed by atoms with Gasteiger partial charge in [-0.1, -0.05) is 130 Å². The molecule has 4 aromatic rings. The molecule has 1 saturated heterocycles. The Kier molecular flexibility index (Phi) is 9.24. The Morgan fingerprint density at radius 3 is 1.73 bits per heavy atom. The lowest BCUT2D eigenvalue weighted by Gasteiger charge is -2.47. The van der Waals surface area contributed by atoms with Crippen molar-refractivity contribution < 1.29 is 32.6 Å². The molecule has 1 unspecified atom stereocenters. The number of hydrogen-bond acceptors (Lipinski definition) is 7. The van der Waals surface area contributed by atoms with E-state index in [0.29, 0.717) is 5.56 Å². The normalized spacial score (nSPS) is 20.8. The van der Waals surface area contributed by atoms with Gasteiger partial charge in [0.1, 0.15) is 23.6 Å². The number of aliphatic hydroxyl groups excluding tert-OH is 2. The molecule has 230 valence electrons. The van der Waals surface area contributed by atoms with Crippen LogP contribution in [0.4, 0.5) is 0 Å². The van der Waals surface area contributed by atoms with Crippen molar-refractivity contribution in [1.82, 2.24) is 0 Å². The number of sulfone groups is 1. The van der Waals surface area contributed by atoms with Gasteiger partial charge in [-0.2, -0.15) is 0 Å². The number of rotatable bonds is 9. The highest BCUT2D eigenvalue weighted by Gasteiger charge is 2.55. The van der Waals surface area contributed by atoms with Gasteiger partial charge in [0.05, 0.1) is 11.3 Å². The van der Waals surface area contributed by atoms with Gasteiger partial charge in [-0.15, -0.1) is 0 Å². The summed E-state index contributed by atoms with van der Waals surface area (Å²) in [6, 6.07) is 36.6. The Bertz CT molecular complexity index is 1600. The summed E-state index contributed by atoms with van der Waals surface area (Å²) in [5.74, 6) is -0.818. The van der Waals surface area contributed by atoms with Crippen molar-refractivity contribution in [3.05, 3.63) is 127 Å². The second-order valence-corrected chi connectivity index (χ2v) is 18.6. The highest BCUT2D eigenvalue weighted by molar-refractivity contribution is 7.92. The van der Waals surface area contributed by atoms with E-state index in [-0.39, 0.29) is 4.90 Å². The molecule has 44 heavy (non-hydrogen) atoms. The maximum atomic E-state index is 13.6. The highest BCUT2D eigenvalue weighted by Crippen LogP contribution is 2.42. The van der Waals surface area contributed by atoms with Crippen molar-refractivity contribution in [1.29, 1.82) is 0 Å². The van der Waals surface area contributed by atoms with E-state index in [9.17, 15) is 23.4 Å². The number of ether oxygens (including phenoxy) is 1. The first kappa shape index (κ1) is 31.8. The predicted octanol–water partition coefficient (Wildman–Crippen LogP) is 4.18. The van der Waals surface area contributed by atoms with Crippen LogP contribution in [-0.4, -0.2) is 56.5 Å². The third-order valence-electron chi connectivity index (χ3n) is 8.32. The largest absolute Gasteiger partial charge is 0.457 e. The molecule has 1 aliphatic heterocycles. The van der Waals surface area contributed by atoms with Crippen molar-refractivity contribution >= 4 is 34.5 Å². The summed E-state index contributed by atoms with van der Waals surface area (Å²) in [6.07, 6.45) is -6.50. The van der Waals surface area contributed by atoms with Crippen LogP contribution in [-0.2, 0) is 23.8 Å². The molecule has 2 N–H and O–H groups in total. The molecule has 0 saturated carbocycles. The van der Waals surface area contributed by atoms with E-state index in [1.54, 1.807) is 30.3 Å². The zero-order valence-electron chi connectivity index (χ0n) is 25.0. The second kappa shape index (κ2) is 12.8. The lowest BCUT2D eigenvalue weighted by molar-refractivity contribution is -0.181. The maximum absolute atomic E-state index is 13.6. The van der Waals surface area contributed by atoms with Crippen LogP contribution in [0.3, 0.4) is 0 Å².